The zero-order chi connectivity index (χ0) is 28.5. The Labute approximate surface area is 235 Å². The van der Waals surface area contributed by atoms with E-state index in [9.17, 15) is 4.79 Å². The lowest BCUT2D eigenvalue weighted by atomic mass is 10.1. The van der Waals surface area contributed by atoms with E-state index in [0.29, 0.717) is 59.2 Å². The first kappa shape index (κ1) is 25.9. The van der Waals surface area contributed by atoms with Crippen LogP contribution in [0, 0.1) is 24.6 Å². The molecule has 206 valence electrons. The third kappa shape index (κ3) is 5.05. The van der Waals surface area contributed by atoms with E-state index in [1.165, 1.54) is 12.7 Å². The Bertz CT molecular complexity index is 1850. The molecule has 1 aliphatic rings. The Balaban J connectivity index is 1.24. The van der Waals surface area contributed by atoms with Crippen molar-refractivity contribution in [3.8, 4) is 23.3 Å². The number of hydrogen-bond donors (Lipinski definition) is 1. The number of carbonyl (C=O) groups excluding carboxylic acids is 1. The van der Waals surface area contributed by atoms with Gasteiger partial charge in [-0.2, -0.15) is 5.10 Å². The minimum atomic E-state index is -0.473. The molecule has 0 bridgehead atoms. The van der Waals surface area contributed by atoms with Crippen LogP contribution in [0.15, 0.2) is 55.2 Å². The van der Waals surface area contributed by atoms with E-state index in [1.807, 2.05) is 19.1 Å². The predicted molar refractivity (Wildman–Crippen MR) is 152 cm³/mol. The number of hydrogen-bond acceptors (Lipinski definition) is 9. The zero-order valence-corrected chi connectivity index (χ0v) is 22.7. The fourth-order valence-corrected chi connectivity index (χ4v) is 4.83. The third-order valence-corrected chi connectivity index (χ3v) is 6.98. The molecule has 5 aromatic rings. The molecule has 1 unspecified atom stereocenters. The van der Waals surface area contributed by atoms with Gasteiger partial charge in [0.15, 0.2) is 17.3 Å². The third-order valence-electron chi connectivity index (χ3n) is 6.98. The first-order valence-corrected chi connectivity index (χ1v) is 13.0. The summed E-state index contributed by atoms with van der Waals surface area (Å²) in [5.74, 6) is 6.64. The maximum absolute atomic E-state index is 15.5. The predicted octanol–water partition coefficient (Wildman–Crippen LogP) is 4.11. The van der Waals surface area contributed by atoms with Gasteiger partial charge in [0.25, 0.3) is 5.91 Å². The van der Waals surface area contributed by atoms with Gasteiger partial charge in [0.1, 0.15) is 35.5 Å². The lowest BCUT2D eigenvalue weighted by Crippen LogP contribution is -2.54. The summed E-state index contributed by atoms with van der Waals surface area (Å²) in [6.45, 7) is 7.04. The van der Waals surface area contributed by atoms with Crippen LogP contribution in [-0.2, 0) is 4.79 Å². The molecule has 0 saturated carbocycles. The number of nitrogens with one attached hydrogen (secondary N) is 1. The number of aromatic nitrogens is 6. The number of ether oxygens (including phenoxy) is 1. The van der Waals surface area contributed by atoms with Crippen LogP contribution in [0.25, 0.3) is 16.7 Å². The molecule has 1 amide bonds. The van der Waals surface area contributed by atoms with Crippen molar-refractivity contribution in [3.05, 3.63) is 66.6 Å². The van der Waals surface area contributed by atoms with Crippen molar-refractivity contribution in [1.82, 2.24) is 34.4 Å². The van der Waals surface area contributed by atoms with Crippen molar-refractivity contribution in [1.29, 1.82) is 0 Å². The van der Waals surface area contributed by atoms with Crippen LogP contribution in [0.3, 0.4) is 0 Å². The van der Waals surface area contributed by atoms with Crippen LogP contribution in [-0.4, -0.2) is 66.0 Å². The van der Waals surface area contributed by atoms with Crippen LogP contribution in [0.2, 0.25) is 0 Å². The topological polar surface area (TPSA) is 114 Å². The highest BCUT2D eigenvalue weighted by atomic mass is 19.1. The van der Waals surface area contributed by atoms with Gasteiger partial charge >= 0.3 is 0 Å². The van der Waals surface area contributed by atoms with Gasteiger partial charge in [-0.25, -0.2) is 28.8 Å². The Morgan fingerprint density at radius 3 is 2.83 bits per heavy atom. The molecule has 12 heteroatoms. The van der Waals surface area contributed by atoms with Gasteiger partial charge < -0.3 is 19.9 Å². The van der Waals surface area contributed by atoms with E-state index in [0.717, 1.165) is 5.82 Å². The van der Waals surface area contributed by atoms with Crippen molar-refractivity contribution in [3.63, 3.8) is 0 Å². The number of benzene rings is 1. The second-order valence-corrected chi connectivity index (χ2v) is 9.63. The fraction of sp³-hybridized carbons (Fsp3) is 0.241. The number of anilines is 3. The normalized spacial score (nSPS) is 15.1. The standard InChI is InChI=1S/C29H26FN9O2/c1-4-5-26(40)38-13-12-37(15-18(38)2)24-9-7-22-28(36-24)29(33-16-31-22)35-21-6-8-23(19(3)27(21)30)41-20-10-11-39-25(14-20)32-17-34-39/h6-11,14,16-18H,12-13,15H2,1-3H3,(H,31,33,35). The van der Waals surface area contributed by atoms with E-state index in [4.69, 9.17) is 9.72 Å². The highest BCUT2D eigenvalue weighted by Crippen LogP contribution is 2.33. The van der Waals surface area contributed by atoms with Crippen molar-refractivity contribution in [2.45, 2.75) is 26.8 Å². The highest BCUT2D eigenvalue weighted by molar-refractivity contribution is 5.94. The quantitative estimate of drug-likeness (QED) is 0.322. The summed E-state index contributed by atoms with van der Waals surface area (Å²) in [5.41, 5.74) is 2.31. The minimum absolute atomic E-state index is 0.0321. The molecule has 0 aliphatic carbocycles. The lowest BCUT2D eigenvalue weighted by molar-refractivity contribution is -0.127. The summed E-state index contributed by atoms with van der Waals surface area (Å²) >= 11 is 0. The molecular formula is C29H26FN9O2. The van der Waals surface area contributed by atoms with E-state index in [1.54, 1.807) is 53.7 Å². The van der Waals surface area contributed by atoms with Gasteiger partial charge in [-0.05, 0) is 57.0 Å². The van der Waals surface area contributed by atoms with Gasteiger partial charge in [0.05, 0.1) is 11.2 Å². The van der Waals surface area contributed by atoms with Gasteiger partial charge in [-0.1, -0.05) is 5.92 Å². The molecule has 6 rings (SSSR count). The fourth-order valence-electron chi connectivity index (χ4n) is 4.83. The molecule has 1 N–H and O–H groups in total. The van der Waals surface area contributed by atoms with Crippen LogP contribution >= 0.6 is 0 Å². The summed E-state index contributed by atoms with van der Waals surface area (Å²) < 4.78 is 23.1. The number of pyridine rings is 2. The Morgan fingerprint density at radius 1 is 1.12 bits per heavy atom. The number of rotatable bonds is 5. The van der Waals surface area contributed by atoms with E-state index >= 15 is 4.39 Å². The Kier molecular flexibility index (Phi) is 6.76. The maximum atomic E-state index is 15.5. The first-order valence-electron chi connectivity index (χ1n) is 13.0. The summed E-state index contributed by atoms with van der Waals surface area (Å²) in [6, 6.07) is 10.5. The number of piperazine rings is 1. The van der Waals surface area contributed by atoms with Crippen LogP contribution in [0.1, 0.15) is 19.4 Å². The molecule has 1 aromatic carbocycles. The molecule has 1 fully saturated rings. The number of amides is 1. The summed E-state index contributed by atoms with van der Waals surface area (Å²) in [6.07, 6.45) is 4.59. The van der Waals surface area contributed by atoms with E-state index in [2.05, 4.69) is 42.1 Å². The Hall–Kier alpha value is -5.31. The van der Waals surface area contributed by atoms with Crippen LogP contribution in [0.4, 0.5) is 21.7 Å². The largest absolute Gasteiger partial charge is 0.457 e. The molecule has 11 nitrogen and oxygen atoms in total. The van der Waals surface area contributed by atoms with Gasteiger partial charge in [0, 0.05) is 43.5 Å². The second-order valence-electron chi connectivity index (χ2n) is 9.63. The monoisotopic (exact) mass is 551 g/mol. The highest BCUT2D eigenvalue weighted by Gasteiger charge is 2.27. The molecule has 1 aliphatic heterocycles. The Morgan fingerprint density at radius 2 is 2.00 bits per heavy atom. The number of nitrogens with zero attached hydrogens (tertiary/aromatic N) is 8. The maximum Gasteiger partial charge on any atom is 0.298 e. The molecule has 0 radical (unpaired) electrons. The smallest absolute Gasteiger partial charge is 0.298 e. The molecular weight excluding hydrogens is 525 g/mol. The molecule has 0 spiro atoms. The van der Waals surface area contributed by atoms with Gasteiger partial charge in [0.2, 0.25) is 0 Å². The van der Waals surface area contributed by atoms with Crippen molar-refractivity contribution in [2.24, 2.45) is 0 Å². The van der Waals surface area contributed by atoms with E-state index in [-0.39, 0.29) is 17.6 Å². The molecule has 4 aromatic heterocycles. The summed E-state index contributed by atoms with van der Waals surface area (Å²) in [4.78, 5) is 33.8. The average molecular weight is 552 g/mol. The average Bonchev–Trinajstić information content (AvgIpc) is 3.45. The van der Waals surface area contributed by atoms with Gasteiger partial charge in [-0.15, -0.1) is 0 Å². The molecule has 5 heterocycles. The van der Waals surface area contributed by atoms with Gasteiger partial charge in [-0.3, -0.25) is 4.79 Å². The summed E-state index contributed by atoms with van der Waals surface area (Å²) in [5, 5.41) is 7.16. The molecule has 1 saturated heterocycles. The SMILES string of the molecule is CC#CC(=O)N1CCN(c2ccc3ncnc(Nc4ccc(Oc5ccn6ncnc6c5)c(C)c4F)c3n2)CC1C. The molecule has 41 heavy (non-hydrogen) atoms. The number of fused-ring (bicyclic) bond motifs is 2. The first-order chi connectivity index (χ1) is 19.9. The van der Waals surface area contributed by atoms with Crippen LogP contribution < -0.4 is 15.0 Å². The van der Waals surface area contributed by atoms with Crippen molar-refractivity contribution < 1.29 is 13.9 Å². The molecule has 1 atom stereocenters. The van der Waals surface area contributed by atoms with Crippen molar-refractivity contribution >= 4 is 39.9 Å². The van der Waals surface area contributed by atoms with Crippen molar-refractivity contribution in [2.75, 3.05) is 29.9 Å². The number of carbonyl (C=O) groups is 1. The zero-order valence-electron chi connectivity index (χ0n) is 22.7. The van der Waals surface area contributed by atoms with Crippen LogP contribution in [0.5, 0.6) is 11.5 Å². The number of halogens is 1. The second kappa shape index (κ2) is 10.7. The summed E-state index contributed by atoms with van der Waals surface area (Å²) in [7, 11) is 0. The minimum Gasteiger partial charge on any atom is -0.457 e. The van der Waals surface area contributed by atoms with E-state index < -0.39 is 5.82 Å². The lowest BCUT2D eigenvalue weighted by Gasteiger charge is -2.39.